The Labute approximate surface area is 212 Å². The van der Waals surface area contributed by atoms with Crippen molar-refractivity contribution in [3.8, 4) is 17.4 Å². The zero-order valence-corrected chi connectivity index (χ0v) is 21.0. The van der Waals surface area contributed by atoms with E-state index in [1.165, 1.54) is 5.56 Å². The van der Waals surface area contributed by atoms with E-state index in [2.05, 4.69) is 33.2 Å². The smallest absolute Gasteiger partial charge is 0.213 e. The quantitative estimate of drug-likeness (QED) is 0.510. The van der Waals surface area contributed by atoms with Crippen molar-refractivity contribution in [1.82, 2.24) is 20.2 Å². The van der Waals surface area contributed by atoms with Gasteiger partial charge in [-0.15, -0.1) is 12.4 Å². The van der Waals surface area contributed by atoms with Crippen molar-refractivity contribution in [2.75, 3.05) is 40.0 Å². The number of benzene rings is 1. The Bertz CT molecular complexity index is 1150. The average molecular weight is 501 g/mol. The van der Waals surface area contributed by atoms with Crippen LogP contribution in [0.5, 0.6) is 17.4 Å². The van der Waals surface area contributed by atoms with Crippen LogP contribution in [0.15, 0.2) is 36.5 Å². The first-order valence-corrected chi connectivity index (χ1v) is 11.9. The van der Waals surface area contributed by atoms with E-state index in [0.29, 0.717) is 37.2 Å². The minimum atomic E-state index is -0.630. The van der Waals surface area contributed by atoms with Gasteiger partial charge in [0.1, 0.15) is 13.2 Å². The molecule has 2 aliphatic rings. The maximum atomic E-state index is 11.0. The second-order valence-corrected chi connectivity index (χ2v) is 8.97. The number of aliphatic hydroxyl groups is 1. The summed E-state index contributed by atoms with van der Waals surface area (Å²) in [5.74, 6) is 2.24. The van der Waals surface area contributed by atoms with Crippen molar-refractivity contribution in [2.24, 2.45) is 0 Å². The van der Waals surface area contributed by atoms with Crippen LogP contribution < -0.4 is 19.5 Å². The van der Waals surface area contributed by atoms with Crippen molar-refractivity contribution < 1.29 is 19.3 Å². The Morgan fingerprint density at radius 1 is 1.14 bits per heavy atom. The zero-order valence-electron chi connectivity index (χ0n) is 20.2. The van der Waals surface area contributed by atoms with Crippen molar-refractivity contribution >= 4 is 23.4 Å². The molecule has 9 heteroatoms. The number of piperidine rings is 1. The van der Waals surface area contributed by atoms with Gasteiger partial charge in [-0.05, 0) is 62.2 Å². The van der Waals surface area contributed by atoms with Crippen LogP contribution in [0, 0.1) is 6.92 Å². The maximum absolute atomic E-state index is 11.0. The zero-order chi connectivity index (χ0) is 23.5. The molecule has 8 nitrogen and oxygen atoms in total. The summed E-state index contributed by atoms with van der Waals surface area (Å²) in [4.78, 5) is 11.2. The first-order valence-electron chi connectivity index (χ1n) is 11.9. The highest BCUT2D eigenvalue weighted by atomic mass is 35.5. The molecule has 2 N–H and O–H groups in total. The molecule has 0 saturated carbocycles. The van der Waals surface area contributed by atoms with Gasteiger partial charge in [0.15, 0.2) is 11.5 Å². The maximum Gasteiger partial charge on any atom is 0.213 e. The number of hydrogen-bond donors (Lipinski definition) is 2. The highest BCUT2D eigenvalue weighted by Crippen LogP contribution is 2.35. The number of methoxy groups -OCH3 is 1. The average Bonchev–Trinajstić information content (AvgIpc) is 2.88. The number of halogens is 1. The van der Waals surface area contributed by atoms with E-state index in [9.17, 15) is 5.11 Å². The van der Waals surface area contributed by atoms with Crippen molar-refractivity contribution in [1.29, 1.82) is 0 Å². The summed E-state index contributed by atoms with van der Waals surface area (Å²) in [6.07, 6.45) is 3.18. The van der Waals surface area contributed by atoms with Gasteiger partial charge in [-0.1, -0.05) is 6.07 Å². The van der Waals surface area contributed by atoms with Crippen molar-refractivity contribution in [3.05, 3.63) is 53.2 Å². The molecule has 1 saturated heterocycles. The molecule has 0 amide bonds. The van der Waals surface area contributed by atoms with Crippen LogP contribution >= 0.6 is 12.4 Å². The molecule has 2 aliphatic heterocycles. The van der Waals surface area contributed by atoms with Gasteiger partial charge in [-0.3, -0.25) is 4.98 Å². The molecular weight excluding hydrogens is 468 g/mol. The monoisotopic (exact) mass is 500 g/mol. The van der Waals surface area contributed by atoms with Crippen LogP contribution in [-0.4, -0.2) is 66.0 Å². The van der Waals surface area contributed by atoms with Gasteiger partial charge in [-0.25, -0.2) is 4.98 Å². The third kappa shape index (κ3) is 5.62. The molecule has 1 atom stereocenters. The summed E-state index contributed by atoms with van der Waals surface area (Å²) in [7, 11) is 1.59. The molecule has 188 valence electrons. The predicted molar refractivity (Wildman–Crippen MR) is 137 cm³/mol. The molecule has 5 rings (SSSR count). The van der Waals surface area contributed by atoms with Gasteiger partial charge in [0.05, 0.1) is 24.2 Å². The number of nitrogens with one attached hydrogen (secondary N) is 1. The molecule has 0 unspecified atom stereocenters. The first kappa shape index (κ1) is 25.4. The van der Waals surface area contributed by atoms with Crippen LogP contribution in [0.25, 0.3) is 11.0 Å². The molecule has 2 aromatic heterocycles. The van der Waals surface area contributed by atoms with Gasteiger partial charge in [0.2, 0.25) is 5.88 Å². The number of nitrogens with zero attached hydrogens (tertiary/aromatic N) is 3. The van der Waals surface area contributed by atoms with Gasteiger partial charge in [-0.2, -0.15) is 0 Å². The Morgan fingerprint density at radius 2 is 1.94 bits per heavy atom. The molecule has 1 fully saturated rings. The van der Waals surface area contributed by atoms with E-state index < -0.39 is 6.10 Å². The molecule has 0 bridgehead atoms. The standard InChI is InChI=1S/C26H32N4O4.ClH/c1-17-18(3-5-23-26(17)34-14-13-33-23)15-28-19-8-11-30(12-9-19)16-22(31)20-7-10-27-21-4-6-24(32-2)29-25(20)21;/h3-7,10,19,22,28,31H,8-9,11-16H2,1-2H3;1H/t22-;/m1./s1. The first-order chi connectivity index (χ1) is 16.6. The Balaban J connectivity index is 0.00000289. The fraction of sp³-hybridized carbons (Fsp3) is 0.462. The lowest BCUT2D eigenvalue weighted by molar-refractivity contribution is 0.0947. The number of likely N-dealkylation sites (tertiary alicyclic amines) is 1. The number of β-amino-alcohol motifs (C(OH)–C–C–N with tert-alkyl or cyclic N) is 1. The minimum absolute atomic E-state index is 0. The fourth-order valence-corrected chi connectivity index (χ4v) is 4.81. The molecule has 4 heterocycles. The van der Waals surface area contributed by atoms with Gasteiger partial charge in [0, 0.05) is 37.0 Å². The fourth-order valence-electron chi connectivity index (χ4n) is 4.81. The number of ether oxygens (including phenoxy) is 3. The van der Waals surface area contributed by atoms with Gasteiger partial charge < -0.3 is 29.5 Å². The second-order valence-electron chi connectivity index (χ2n) is 8.97. The molecule has 0 radical (unpaired) electrons. The topological polar surface area (TPSA) is 89.0 Å². The van der Waals surface area contributed by atoms with E-state index in [4.69, 9.17) is 14.2 Å². The van der Waals surface area contributed by atoms with E-state index in [-0.39, 0.29) is 12.4 Å². The summed E-state index contributed by atoms with van der Waals surface area (Å²) < 4.78 is 16.8. The number of hydrogen-bond acceptors (Lipinski definition) is 8. The van der Waals surface area contributed by atoms with Gasteiger partial charge in [0.25, 0.3) is 0 Å². The Kier molecular flexibility index (Phi) is 8.28. The summed E-state index contributed by atoms with van der Waals surface area (Å²) >= 11 is 0. The second kappa shape index (κ2) is 11.4. The lowest BCUT2D eigenvalue weighted by Crippen LogP contribution is -2.43. The molecule has 1 aromatic carbocycles. The van der Waals surface area contributed by atoms with Crippen molar-refractivity contribution in [3.63, 3.8) is 0 Å². The van der Waals surface area contributed by atoms with Crippen LogP contribution in [0.4, 0.5) is 0 Å². The van der Waals surface area contributed by atoms with E-state index in [1.807, 2.05) is 18.2 Å². The third-order valence-corrected chi connectivity index (χ3v) is 6.83. The lowest BCUT2D eigenvalue weighted by Gasteiger charge is -2.34. The third-order valence-electron chi connectivity index (χ3n) is 6.83. The lowest BCUT2D eigenvalue weighted by atomic mass is 10.0. The van der Waals surface area contributed by atoms with Crippen molar-refractivity contribution in [2.45, 2.75) is 38.5 Å². The highest BCUT2D eigenvalue weighted by Gasteiger charge is 2.23. The van der Waals surface area contributed by atoms with Crippen LogP contribution in [0.3, 0.4) is 0 Å². The minimum Gasteiger partial charge on any atom is -0.486 e. The Hall–Kier alpha value is -2.65. The normalized spacial score (nSPS) is 17.1. The number of pyridine rings is 2. The Morgan fingerprint density at radius 3 is 2.74 bits per heavy atom. The predicted octanol–water partition coefficient (Wildman–Crippen LogP) is 3.43. The number of fused-ring (bicyclic) bond motifs is 2. The van der Waals surface area contributed by atoms with Crippen LogP contribution in [-0.2, 0) is 6.54 Å². The number of aromatic nitrogens is 2. The van der Waals surface area contributed by atoms with E-state index in [0.717, 1.165) is 60.6 Å². The summed E-state index contributed by atoms with van der Waals surface area (Å²) in [6.45, 7) is 6.58. The summed E-state index contributed by atoms with van der Waals surface area (Å²) in [5.41, 5.74) is 4.64. The number of aliphatic hydroxyl groups excluding tert-OH is 1. The largest absolute Gasteiger partial charge is 0.486 e. The molecular formula is C26H33ClN4O4. The summed E-state index contributed by atoms with van der Waals surface area (Å²) in [5, 5.41) is 14.7. The van der Waals surface area contributed by atoms with Crippen LogP contribution in [0.2, 0.25) is 0 Å². The molecule has 35 heavy (non-hydrogen) atoms. The molecule has 0 spiro atoms. The van der Waals surface area contributed by atoms with Gasteiger partial charge >= 0.3 is 0 Å². The number of rotatable bonds is 7. The highest BCUT2D eigenvalue weighted by molar-refractivity contribution is 5.85. The summed E-state index contributed by atoms with van der Waals surface area (Å²) in [6, 6.07) is 10.1. The van der Waals surface area contributed by atoms with E-state index >= 15 is 0 Å². The van der Waals surface area contributed by atoms with Crippen LogP contribution in [0.1, 0.15) is 35.6 Å². The molecule has 3 aromatic rings. The SMILES string of the molecule is COc1ccc2nccc([C@H](O)CN3CCC(NCc4ccc5c(c4C)OCCO5)CC3)c2n1.Cl. The molecule has 0 aliphatic carbocycles. The van der Waals surface area contributed by atoms with E-state index in [1.54, 1.807) is 19.4 Å².